The second-order valence-electron chi connectivity index (χ2n) is 8.36. The standard InChI is InChI=1S/C25H31N5O2/c1-29(17-18-31)22-11-8-20(9-12-22)25(32)26-21-10-14-24-28-27-23(30(24)16-15-21)13-7-19-5-3-2-4-6-19/h2-6,8-9,11-12,21,31H,7,10,13-18H2,1H3,(H,26,32). The van der Waals surface area contributed by atoms with E-state index in [0.29, 0.717) is 12.1 Å². The summed E-state index contributed by atoms with van der Waals surface area (Å²) in [6.45, 7) is 1.48. The van der Waals surface area contributed by atoms with Crippen molar-refractivity contribution in [3.8, 4) is 0 Å². The molecule has 4 rings (SSSR count). The van der Waals surface area contributed by atoms with Gasteiger partial charge in [0.25, 0.3) is 5.91 Å². The number of benzene rings is 2. The molecule has 1 aromatic heterocycles. The molecule has 2 heterocycles. The Bertz CT molecular complexity index is 1020. The lowest BCUT2D eigenvalue weighted by Crippen LogP contribution is -2.35. The molecule has 1 amide bonds. The van der Waals surface area contributed by atoms with E-state index >= 15 is 0 Å². The van der Waals surface area contributed by atoms with Crippen LogP contribution in [0.1, 0.15) is 40.4 Å². The SMILES string of the molecule is CN(CCO)c1ccc(C(=O)NC2CCc3nnc(CCc4ccccc4)n3CC2)cc1. The molecule has 0 saturated carbocycles. The second kappa shape index (κ2) is 10.4. The number of carbonyl (C=O) groups is 1. The summed E-state index contributed by atoms with van der Waals surface area (Å²) in [5.74, 6) is 1.99. The Morgan fingerprint density at radius 2 is 1.88 bits per heavy atom. The molecule has 0 aliphatic carbocycles. The van der Waals surface area contributed by atoms with Crippen LogP contribution in [0.5, 0.6) is 0 Å². The molecule has 0 saturated heterocycles. The molecule has 0 radical (unpaired) electrons. The Balaban J connectivity index is 1.33. The molecule has 1 aliphatic heterocycles. The van der Waals surface area contributed by atoms with Gasteiger partial charge >= 0.3 is 0 Å². The Kier molecular flexibility index (Phi) is 7.17. The van der Waals surface area contributed by atoms with Crippen molar-refractivity contribution >= 4 is 11.6 Å². The van der Waals surface area contributed by atoms with Gasteiger partial charge in [0, 0.05) is 50.3 Å². The van der Waals surface area contributed by atoms with Crippen molar-refractivity contribution in [2.75, 3.05) is 25.1 Å². The van der Waals surface area contributed by atoms with Crippen LogP contribution in [0, 0.1) is 0 Å². The van der Waals surface area contributed by atoms with Crippen molar-refractivity contribution in [3.63, 3.8) is 0 Å². The summed E-state index contributed by atoms with van der Waals surface area (Å²) in [7, 11) is 1.92. The van der Waals surface area contributed by atoms with Gasteiger partial charge in [-0.05, 0) is 49.1 Å². The molecular weight excluding hydrogens is 402 g/mol. The molecule has 2 N–H and O–H groups in total. The predicted molar refractivity (Wildman–Crippen MR) is 125 cm³/mol. The van der Waals surface area contributed by atoms with Crippen LogP contribution in [0.25, 0.3) is 0 Å². The first-order chi connectivity index (χ1) is 15.6. The summed E-state index contributed by atoms with van der Waals surface area (Å²) in [4.78, 5) is 14.7. The molecule has 1 unspecified atom stereocenters. The van der Waals surface area contributed by atoms with E-state index < -0.39 is 0 Å². The van der Waals surface area contributed by atoms with Crippen molar-refractivity contribution < 1.29 is 9.90 Å². The van der Waals surface area contributed by atoms with E-state index in [1.165, 1.54) is 5.56 Å². The monoisotopic (exact) mass is 433 g/mol. The van der Waals surface area contributed by atoms with Gasteiger partial charge in [0.2, 0.25) is 0 Å². The molecule has 0 bridgehead atoms. The fraction of sp³-hybridized carbons (Fsp3) is 0.400. The number of hydrogen-bond donors (Lipinski definition) is 2. The van der Waals surface area contributed by atoms with Crippen molar-refractivity contribution in [2.24, 2.45) is 0 Å². The number of hydrogen-bond acceptors (Lipinski definition) is 5. The lowest BCUT2D eigenvalue weighted by atomic mass is 10.1. The fourth-order valence-electron chi connectivity index (χ4n) is 4.19. The zero-order valence-corrected chi connectivity index (χ0v) is 18.6. The van der Waals surface area contributed by atoms with Crippen molar-refractivity contribution in [2.45, 2.75) is 44.7 Å². The number of likely N-dealkylation sites (N-methyl/N-ethyl adjacent to an activating group) is 1. The highest BCUT2D eigenvalue weighted by molar-refractivity contribution is 5.94. The maximum absolute atomic E-state index is 12.8. The van der Waals surface area contributed by atoms with E-state index in [0.717, 1.165) is 56.0 Å². The third-order valence-electron chi connectivity index (χ3n) is 6.14. The minimum absolute atomic E-state index is 0.0478. The average molecular weight is 434 g/mol. The van der Waals surface area contributed by atoms with Crippen molar-refractivity contribution in [1.29, 1.82) is 0 Å². The molecule has 2 aromatic carbocycles. The number of amides is 1. The third-order valence-corrected chi connectivity index (χ3v) is 6.14. The quantitative estimate of drug-likeness (QED) is 0.571. The highest BCUT2D eigenvalue weighted by Gasteiger charge is 2.22. The average Bonchev–Trinajstić information content (AvgIpc) is 3.10. The number of aliphatic hydroxyl groups is 1. The van der Waals surface area contributed by atoms with Crippen molar-refractivity contribution in [1.82, 2.24) is 20.1 Å². The number of fused-ring (bicyclic) bond motifs is 1. The topological polar surface area (TPSA) is 83.3 Å². The number of nitrogens with zero attached hydrogens (tertiary/aromatic N) is 4. The summed E-state index contributed by atoms with van der Waals surface area (Å²) in [6, 6.07) is 18.1. The Morgan fingerprint density at radius 3 is 2.62 bits per heavy atom. The molecule has 1 aliphatic rings. The minimum Gasteiger partial charge on any atom is -0.395 e. The fourth-order valence-corrected chi connectivity index (χ4v) is 4.19. The van der Waals surface area contributed by atoms with Crippen LogP contribution in [0.2, 0.25) is 0 Å². The summed E-state index contributed by atoms with van der Waals surface area (Å²) in [6.07, 6.45) is 4.36. The number of nitrogens with one attached hydrogen (secondary N) is 1. The van der Waals surface area contributed by atoms with Crippen LogP contribution in [0.4, 0.5) is 5.69 Å². The molecule has 7 nitrogen and oxygen atoms in total. The van der Waals surface area contributed by atoms with E-state index in [2.05, 4.69) is 44.3 Å². The maximum Gasteiger partial charge on any atom is 0.251 e. The lowest BCUT2D eigenvalue weighted by Gasteiger charge is -2.19. The molecule has 32 heavy (non-hydrogen) atoms. The first-order valence-corrected chi connectivity index (χ1v) is 11.3. The zero-order valence-electron chi connectivity index (χ0n) is 18.6. The molecular formula is C25H31N5O2. The van der Waals surface area contributed by atoms with E-state index in [-0.39, 0.29) is 18.6 Å². The zero-order chi connectivity index (χ0) is 22.3. The van der Waals surface area contributed by atoms with Gasteiger partial charge in [0.05, 0.1) is 6.61 Å². The van der Waals surface area contributed by atoms with E-state index in [9.17, 15) is 4.79 Å². The largest absolute Gasteiger partial charge is 0.395 e. The number of rotatable bonds is 8. The van der Waals surface area contributed by atoms with Gasteiger partial charge in [-0.2, -0.15) is 0 Å². The number of aliphatic hydroxyl groups excluding tert-OH is 1. The van der Waals surface area contributed by atoms with Crippen LogP contribution in [0.3, 0.4) is 0 Å². The van der Waals surface area contributed by atoms with Crippen LogP contribution in [-0.2, 0) is 25.8 Å². The van der Waals surface area contributed by atoms with Crippen LogP contribution in [0.15, 0.2) is 54.6 Å². The summed E-state index contributed by atoms with van der Waals surface area (Å²) in [5, 5.41) is 21.1. The first kappa shape index (κ1) is 22.0. The first-order valence-electron chi connectivity index (χ1n) is 11.3. The molecule has 168 valence electrons. The van der Waals surface area contributed by atoms with Gasteiger partial charge < -0.3 is 19.9 Å². The maximum atomic E-state index is 12.8. The highest BCUT2D eigenvalue weighted by atomic mass is 16.3. The smallest absolute Gasteiger partial charge is 0.251 e. The van der Waals surface area contributed by atoms with Gasteiger partial charge in [0.1, 0.15) is 11.6 Å². The molecule has 3 aromatic rings. The second-order valence-corrected chi connectivity index (χ2v) is 8.36. The Morgan fingerprint density at radius 1 is 1.09 bits per heavy atom. The number of aryl methyl sites for hydroxylation is 3. The van der Waals surface area contributed by atoms with Gasteiger partial charge in [-0.1, -0.05) is 30.3 Å². The van der Waals surface area contributed by atoms with Gasteiger partial charge in [0.15, 0.2) is 0 Å². The van der Waals surface area contributed by atoms with Crippen LogP contribution < -0.4 is 10.2 Å². The predicted octanol–water partition coefficient (Wildman–Crippen LogP) is 2.63. The third kappa shape index (κ3) is 5.34. The molecule has 0 fully saturated rings. The number of anilines is 1. The lowest BCUT2D eigenvalue weighted by molar-refractivity contribution is 0.0933. The van der Waals surface area contributed by atoms with E-state index in [1.54, 1.807) is 0 Å². The highest BCUT2D eigenvalue weighted by Crippen LogP contribution is 2.18. The molecule has 1 atom stereocenters. The summed E-state index contributed by atoms with van der Waals surface area (Å²) in [5.41, 5.74) is 2.93. The Hall–Kier alpha value is -3.19. The van der Waals surface area contributed by atoms with Crippen LogP contribution in [-0.4, -0.2) is 52.0 Å². The molecule has 0 spiro atoms. The van der Waals surface area contributed by atoms with Gasteiger partial charge in [-0.15, -0.1) is 10.2 Å². The van der Waals surface area contributed by atoms with E-state index in [4.69, 9.17) is 5.11 Å². The van der Waals surface area contributed by atoms with Gasteiger partial charge in [-0.3, -0.25) is 4.79 Å². The Labute approximate surface area is 189 Å². The minimum atomic E-state index is -0.0478. The van der Waals surface area contributed by atoms with Crippen molar-refractivity contribution in [3.05, 3.63) is 77.4 Å². The van der Waals surface area contributed by atoms with Crippen LogP contribution >= 0.6 is 0 Å². The van der Waals surface area contributed by atoms with Gasteiger partial charge in [-0.25, -0.2) is 0 Å². The summed E-state index contributed by atoms with van der Waals surface area (Å²) >= 11 is 0. The molecule has 7 heteroatoms. The normalized spacial score (nSPS) is 15.6. The summed E-state index contributed by atoms with van der Waals surface area (Å²) < 4.78 is 2.24. The van der Waals surface area contributed by atoms with E-state index in [1.807, 2.05) is 42.3 Å². The number of carbonyl (C=O) groups excluding carboxylic acids is 1. The number of aromatic nitrogens is 3.